The molecule has 106 valence electrons. The SMILES string of the molecule is CCCn1c(CO)nnc1Sc1ccnc(C2CC2)n1. The normalized spacial score (nSPS) is 14.7. The van der Waals surface area contributed by atoms with Crippen molar-refractivity contribution in [1.29, 1.82) is 0 Å². The van der Waals surface area contributed by atoms with Crippen LogP contribution in [0.5, 0.6) is 0 Å². The molecule has 0 aliphatic heterocycles. The maximum Gasteiger partial charge on any atom is 0.197 e. The van der Waals surface area contributed by atoms with Crippen LogP contribution >= 0.6 is 11.8 Å². The quantitative estimate of drug-likeness (QED) is 0.820. The van der Waals surface area contributed by atoms with Gasteiger partial charge in [-0.2, -0.15) is 0 Å². The monoisotopic (exact) mass is 291 g/mol. The molecule has 20 heavy (non-hydrogen) atoms. The van der Waals surface area contributed by atoms with E-state index >= 15 is 0 Å². The molecular formula is C13H17N5OS. The Hall–Kier alpha value is -1.47. The fourth-order valence-electron chi connectivity index (χ4n) is 2.00. The van der Waals surface area contributed by atoms with Gasteiger partial charge in [0.05, 0.1) is 0 Å². The first-order valence-corrected chi connectivity index (χ1v) is 7.67. The lowest BCUT2D eigenvalue weighted by Gasteiger charge is -2.07. The third-order valence-electron chi connectivity index (χ3n) is 3.17. The summed E-state index contributed by atoms with van der Waals surface area (Å²) in [6.45, 7) is 2.79. The number of aliphatic hydroxyl groups is 1. The number of nitrogens with zero attached hydrogens (tertiary/aromatic N) is 5. The molecule has 0 unspecified atom stereocenters. The lowest BCUT2D eigenvalue weighted by molar-refractivity contribution is 0.263. The van der Waals surface area contributed by atoms with Gasteiger partial charge in [0.1, 0.15) is 17.5 Å². The van der Waals surface area contributed by atoms with E-state index in [4.69, 9.17) is 0 Å². The minimum atomic E-state index is -0.0926. The van der Waals surface area contributed by atoms with E-state index in [1.54, 1.807) is 6.20 Å². The molecule has 1 saturated carbocycles. The Morgan fingerprint density at radius 1 is 1.40 bits per heavy atom. The van der Waals surface area contributed by atoms with Crippen LogP contribution in [0.1, 0.15) is 43.8 Å². The van der Waals surface area contributed by atoms with Crippen molar-refractivity contribution in [3.63, 3.8) is 0 Å². The van der Waals surface area contributed by atoms with E-state index in [0.29, 0.717) is 11.7 Å². The van der Waals surface area contributed by atoms with E-state index in [-0.39, 0.29) is 6.61 Å². The second-order valence-corrected chi connectivity index (χ2v) is 5.83. The molecule has 3 rings (SSSR count). The van der Waals surface area contributed by atoms with E-state index in [2.05, 4.69) is 27.1 Å². The summed E-state index contributed by atoms with van der Waals surface area (Å²) >= 11 is 1.48. The molecular weight excluding hydrogens is 274 g/mol. The van der Waals surface area contributed by atoms with Gasteiger partial charge < -0.3 is 9.67 Å². The van der Waals surface area contributed by atoms with Gasteiger partial charge in [0.15, 0.2) is 11.0 Å². The van der Waals surface area contributed by atoms with E-state index in [0.717, 1.165) is 29.0 Å². The van der Waals surface area contributed by atoms with Crippen LogP contribution in [-0.2, 0) is 13.2 Å². The molecule has 1 fully saturated rings. The highest BCUT2D eigenvalue weighted by Crippen LogP contribution is 2.38. The Morgan fingerprint density at radius 3 is 2.95 bits per heavy atom. The maximum atomic E-state index is 9.29. The fourth-order valence-corrected chi connectivity index (χ4v) is 2.85. The van der Waals surface area contributed by atoms with Crippen LogP contribution in [0.25, 0.3) is 0 Å². The van der Waals surface area contributed by atoms with Gasteiger partial charge in [-0.15, -0.1) is 10.2 Å². The predicted octanol–water partition coefficient (Wildman–Crippen LogP) is 2.00. The van der Waals surface area contributed by atoms with Crippen molar-refractivity contribution in [3.8, 4) is 0 Å². The molecule has 2 aromatic rings. The molecule has 0 spiro atoms. The van der Waals surface area contributed by atoms with Crippen molar-refractivity contribution >= 4 is 11.8 Å². The molecule has 0 aromatic carbocycles. The molecule has 2 aromatic heterocycles. The largest absolute Gasteiger partial charge is 0.388 e. The van der Waals surface area contributed by atoms with Crippen LogP contribution in [0.3, 0.4) is 0 Å². The van der Waals surface area contributed by atoms with Crippen LogP contribution in [0.2, 0.25) is 0 Å². The maximum absolute atomic E-state index is 9.29. The summed E-state index contributed by atoms with van der Waals surface area (Å²) in [4.78, 5) is 8.89. The highest BCUT2D eigenvalue weighted by atomic mass is 32.2. The summed E-state index contributed by atoms with van der Waals surface area (Å²) in [6.07, 6.45) is 5.15. The van der Waals surface area contributed by atoms with Crippen LogP contribution in [0, 0.1) is 0 Å². The lowest BCUT2D eigenvalue weighted by Crippen LogP contribution is -2.05. The lowest BCUT2D eigenvalue weighted by atomic mass is 10.4. The molecule has 0 atom stereocenters. The first-order chi connectivity index (χ1) is 9.81. The number of hydrogen-bond acceptors (Lipinski definition) is 6. The first-order valence-electron chi connectivity index (χ1n) is 6.85. The molecule has 1 aliphatic rings. The number of aliphatic hydroxyl groups excluding tert-OH is 1. The van der Waals surface area contributed by atoms with Crippen molar-refractivity contribution in [2.45, 2.75) is 55.4 Å². The highest BCUT2D eigenvalue weighted by Gasteiger charge is 2.26. The summed E-state index contributed by atoms with van der Waals surface area (Å²) in [5.41, 5.74) is 0. The Balaban J connectivity index is 1.83. The van der Waals surface area contributed by atoms with Crippen LogP contribution in [-0.4, -0.2) is 29.8 Å². The van der Waals surface area contributed by atoms with Crippen molar-refractivity contribution in [2.24, 2.45) is 0 Å². The van der Waals surface area contributed by atoms with Gasteiger partial charge in [-0.05, 0) is 37.1 Å². The highest BCUT2D eigenvalue weighted by molar-refractivity contribution is 7.99. The summed E-state index contributed by atoms with van der Waals surface area (Å²) < 4.78 is 1.95. The van der Waals surface area contributed by atoms with E-state index < -0.39 is 0 Å². The molecule has 1 aliphatic carbocycles. The molecule has 0 bridgehead atoms. The molecule has 6 nitrogen and oxygen atoms in total. The minimum Gasteiger partial charge on any atom is -0.388 e. The van der Waals surface area contributed by atoms with Gasteiger partial charge in [0, 0.05) is 18.7 Å². The smallest absolute Gasteiger partial charge is 0.197 e. The van der Waals surface area contributed by atoms with E-state index in [1.165, 1.54) is 24.6 Å². The molecule has 1 N–H and O–H groups in total. The molecule has 2 heterocycles. The first kappa shape index (κ1) is 13.5. The Bertz CT molecular complexity index is 596. The third-order valence-corrected chi connectivity index (χ3v) is 4.09. The second kappa shape index (κ2) is 5.88. The van der Waals surface area contributed by atoms with Gasteiger partial charge in [-0.1, -0.05) is 6.92 Å². The minimum absolute atomic E-state index is 0.0926. The zero-order valence-corrected chi connectivity index (χ0v) is 12.2. The van der Waals surface area contributed by atoms with Gasteiger partial charge in [-0.3, -0.25) is 0 Å². The topological polar surface area (TPSA) is 76.7 Å². The Morgan fingerprint density at radius 2 is 2.25 bits per heavy atom. The van der Waals surface area contributed by atoms with Gasteiger partial charge >= 0.3 is 0 Å². The number of hydrogen-bond donors (Lipinski definition) is 1. The van der Waals surface area contributed by atoms with Gasteiger partial charge in [-0.25, -0.2) is 9.97 Å². The summed E-state index contributed by atoms with van der Waals surface area (Å²) in [5, 5.41) is 19.1. The molecule has 0 amide bonds. The second-order valence-electron chi connectivity index (χ2n) is 4.84. The average Bonchev–Trinajstić information content (AvgIpc) is 3.25. The Labute approximate surface area is 121 Å². The zero-order chi connectivity index (χ0) is 13.9. The van der Waals surface area contributed by atoms with Crippen molar-refractivity contribution in [3.05, 3.63) is 23.9 Å². The van der Waals surface area contributed by atoms with Crippen molar-refractivity contribution in [1.82, 2.24) is 24.7 Å². The summed E-state index contributed by atoms with van der Waals surface area (Å²) in [5.74, 6) is 2.07. The number of aromatic nitrogens is 5. The fraction of sp³-hybridized carbons (Fsp3) is 0.538. The average molecular weight is 291 g/mol. The molecule has 0 saturated heterocycles. The third kappa shape index (κ3) is 2.83. The zero-order valence-electron chi connectivity index (χ0n) is 11.4. The summed E-state index contributed by atoms with van der Waals surface area (Å²) in [6, 6.07) is 1.89. The Kier molecular flexibility index (Phi) is 3.98. The van der Waals surface area contributed by atoms with E-state index in [1.807, 2.05) is 10.6 Å². The predicted molar refractivity (Wildman–Crippen MR) is 74.4 cm³/mol. The molecule has 7 heteroatoms. The summed E-state index contributed by atoms with van der Waals surface area (Å²) in [7, 11) is 0. The van der Waals surface area contributed by atoms with Gasteiger partial charge in [0.2, 0.25) is 0 Å². The molecule has 0 radical (unpaired) electrons. The standard InChI is InChI=1S/C13H17N5OS/c1-2-7-18-10(8-19)16-17-13(18)20-11-5-6-14-12(15-11)9-3-4-9/h5-6,9,19H,2-4,7-8H2,1H3. The van der Waals surface area contributed by atoms with Crippen LogP contribution in [0.15, 0.2) is 22.4 Å². The van der Waals surface area contributed by atoms with Crippen LogP contribution in [0.4, 0.5) is 0 Å². The number of rotatable bonds is 6. The van der Waals surface area contributed by atoms with E-state index in [9.17, 15) is 5.11 Å². The van der Waals surface area contributed by atoms with Crippen LogP contribution < -0.4 is 0 Å². The van der Waals surface area contributed by atoms with Crippen molar-refractivity contribution in [2.75, 3.05) is 0 Å². The van der Waals surface area contributed by atoms with Crippen molar-refractivity contribution < 1.29 is 5.11 Å². The van der Waals surface area contributed by atoms with Gasteiger partial charge in [0.25, 0.3) is 0 Å².